The maximum atomic E-state index is 12.8. The highest BCUT2D eigenvalue weighted by molar-refractivity contribution is 7.91. The zero-order chi connectivity index (χ0) is 18.0. The van der Waals surface area contributed by atoms with Gasteiger partial charge in [0.25, 0.3) is 5.91 Å². The van der Waals surface area contributed by atoms with Crippen LogP contribution in [0, 0.1) is 0 Å². The molecule has 0 spiro atoms. The van der Waals surface area contributed by atoms with Crippen LogP contribution in [0.2, 0.25) is 10.0 Å². The lowest BCUT2D eigenvalue weighted by atomic mass is 10.1. The summed E-state index contributed by atoms with van der Waals surface area (Å²) in [7, 11) is -3.06. The summed E-state index contributed by atoms with van der Waals surface area (Å²) in [5.41, 5.74) is 0. The molecule has 2 aliphatic rings. The molecule has 8 heteroatoms. The highest BCUT2D eigenvalue weighted by Crippen LogP contribution is 2.30. The van der Waals surface area contributed by atoms with E-state index < -0.39 is 9.84 Å². The van der Waals surface area contributed by atoms with Crippen LogP contribution in [0.3, 0.4) is 0 Å². The van der Waals surface area contributed by atoms with E-state index in [9.17, 15) is 13.2 Å². The molecule has 1 aromatic carbocycles. The number of amides is 1. The Morgan fingerprint density at radius 3 is 2.52 bits per heavy atom. The van der Waals surface area contributed by atoms with Crippen LogP contribution in [-0.4, -0.2) is 49.4 Å². The van der Waals surface area contributed by atoms with E-state index in [0.29, 0.717) is 22.2 Å². The van der Waals surface area contributed by atoms with E-state index >= 15 is 0 Å². The lowest BCUT2D eigenvalue weighted by molar-refractivity contribution is -0.137. The van der Waals surface area contributed by atoms with Gasteiger partial charge in [0, 0.05) is 23.2 Å². The number of hydrogen-bond donors (Lipinski definition) is 0. The molecule has 0 unspecified atom stereocenters. The molecule has 3 rings (SSSR count). The number of rotatable bonds is 5. The monoisotopic (exact) mass is 405 g/mol. The van der Waals surface area contributed by atoms with Gasteiger partial charge in [-0.3, -0.25) is 4.79 Å². The van der Waals surface area contributed by atoms with Crippen LogP contribution in [0.25, 0.3) is 0 Å². The number of nitrogens with zero attached hydrogens (tertiary/aromatic N) is 1. The zero-order valence-electron chi connectivity index (χ0n) is 13.8. The third-order valence-electron chi connectivity index (χ3n) is 4.85. The first kappa shape index (κ1) is 18.8. The van der Waals surface area contributed by atoms with Gasteiger partial charge < -0.3 is 9.64 Å². The molecule has 1 aliphatic heterocycles. The van der Waals surface area contributed by atoms with Crippen LogP contribution < -0.4 is 4.74 Å². The average Bonchev–Trinajstić information content (AvgIpc) is 3.19. The number of sulfone groups is 1. The summed E-state index contributed by atoms with van der Waals surface area (Å²) >= 11 is 12.0. The van der Waals surface area contributed by atoms with Gasteiger partial charge in [-0.05, 0) is 31.4 Å². The van der Waals surface area contributed by atoms with Crippen LogP contribution in [0.1, 0.15) is 32.1 Å². The van der Waals surface area contributed by atoms with Gasteiger partial charge in [0.05, 0.1) is 16.5 Å². The molecule has 1 heterocycles. The smallest absolute Gasteiger partial charge is 0.261 e. The summed E-state index contributed by atoms with van der Waals surface area (Å²) in [6.07, 6.45) is 4.46. The first-order chi connectivity index (χ1) is 11.9. The number of carbonyl (C=O) groups excluding carboxylic acids is 1. The number of benzene rings is 1. The first-order valence-electron chi connectivity index (χ1n) is 8.45. The van der Waals surface area contributed by atoms with E-state index in [1.54, 1.807) is 23.1 Å². The van der Waals surface area contributed by atoms with Crippen molar-refractivity contribution in [1.29, 1.82) is 0 Å². The topological polar surface area (TPSA) is 63.7 Å². The molecule has 0 aromatic heterocycles. The van der Waals surface area contributed by atoms with Gasteiger partial charge in [-0.15, -0.1) is 0 Å². The minimum atomic E-state index is -3.06. The van der Waals surface area contributed by atoms with Crippen LogP contribution in [0.5, 0.6) is 5.75 Å². The van der Waals surface area contributed by atoms with Crippen molar-refractivity contribution in [1.82, 2.24) is 4.90 Å². The second kappa shape index (κ2) is 7.72. The van der Waals surface area contributed by atoms with E-state index in [4.69, 9.17) is 27.9 Å². The maximum Gasteiger partial charge on any atom is 0.261 e. The summed E-state index contributed by atoms with van der Waals surface area (Å²) in [5, 5.41) is 0.856. The fourth-order valence-electron chi connectivity index (χ4n) is 3.68. The Labute approximate surface area is 158 Å². The largest absolute Gasteiger partial charge is 0.482 e. The molecule has 2 fully saturated rings. The molecule has 0 N–H and O–H groups in total. The van der Waals surface area contributed by atoms with E-state index in [0.717, 1.165) is 25.7 Å². The predicted octanol–water partition coefficient (Wildman–Crippen LogP) is 3.33. The van der Waals surface area contributed by atoms with E-state index in [2.05, 4.69) is 0 Å². The zero-order valence-corrected chi connectivity index (χ0v) is 16.1. The predicted molar refractivity (Wildman–Crippen MR) is 98.1 cm³/mol. The highest BCUT2D eigenvalue weighted by atomic mass is 35.5. The Morgan fingerprint density at radius 1 is 1.16 bits per heavy atom. The first-order valence-corrected chi connectivity index (χ1v) is 11.0. The molecular weight excluding hydrogens is 385 g/mol. The summed E-state index contributed by atoms with van der Waals surface area (Å²) in [6.45, 7) is -0.174. The third kappa shape index (κ3) is 4.60. The second-order valence-electron chi connectivity index (χ2n) is 6.66. The van der Waals surface area contributed by atoms with Gasteiger partial charge in [0.2, 0.25) is 0 Å². The minimum absolute atomic E-state index is 0.0488. The molecule has 1 amide bonds. The normalized spacial score (nSPS) is 22.9. The van der Waals surface area contributed by atoms with Crippen LogP contribution in [0.15, 0.2) is 18.2 Å². The van der Waals surface area contributed by atoms with Gasteiger partial charge in [-0.2, -0.15) is 0 Å². The molecule has 0 bridgehead atoms. The highest BCUT2D eigenvalue weighted by Gasteiger charge is 2.39. The minimum Gasteiger partial charge on any atom is -0.482 e. The van der Waals surface area contributed by atoms with Crippen LogP contribution in [0.4, 0.5) is 0 Å². The van der Waals surface area contributed by atoms with Crippen molar-refractivity contribution in [3.63, 3.8) is 0 Å². The molecule has 138 valence electrons. The molecule has 1 saturated heterocycles. The van der Waals surface area contributed by atoms with Crippen molar-refractivity contribution in [2.24, 2.45) is 0 Å². The van der Waals surface area contributed by atoms with Crippen LogP contribution in [-0.2, 0) is 14.6 Å². The van der Waals surface area contributed by atoms with E-state index in [-0.39, 0.29) is 36.1 Å². The van der Waals surface area contributed by atoms with Gasteiger partial charge in [0.15, 0.2) is 16.4 Å². The molecule has 1 atom stereocenters. The van der Waals surface area contributed by atoms with Crippen molar-refractivity contribution in [3.8, 4) is 5.75 Å². The second-order valence-corrected chi connectivity index (χ2v) is 9.73. The van der Waals surface area contributed by atoms with Gasteiger partial charge in [-0.25, -0.2) is 8.42 Å². The fraction of sp³-hybridized carbons (Fsp3) is 0.588. The number of carbonyl (C=O) groups is 1. The quantitative estimate of drug-likeness (QED) is 0.753. The number of hydrogen-bond acceptors (Lipinski definition) is 4. The summed E-state index contributed by atoms with van der Waals surface area (Å²) < 4.78 is 29.3. The molecule has 1 aromatic rings. The van der Waals surface area contributed by atoms with E-state index in [1.165, 1.54) is 0 Å². The molecule has 25 heavy (non-hydrogen) atoms. The summed E-state index contributed by atoms with van der Waals surface area (Å²) in [5.74, 6) is 0.362. The SMILES string of the molecule is O=C(COc1cc(Cl)ccc1Cl)N(C1CCCC1)[C@@H]1CCS(=O)(=O)C1. The van der Waals surface area contributed by atoms with Crippen molar-refractivity contribution in [3.05, 3.63) is 28.2 Å². The Morgan fingerprint density at radius 2 is 1.88 bits per heavy atom. The standard InChI is InChI=1S/C17H21Cl2NO4S/c18-12-5-6-15(19)16(9-12)24-10-17(21)20(13-3-1-2-4-13)14-7-8-25(22,23)11-14/h5-6,9,13-14H,1-4,7-8,10-11H2/t14-/m1/s1. The lowest BCUT2D eigenvalue weighted by Crippen LogP contribution is -2.48. The average molecular weight is 406 g/mol. The molecule has 0 radical (unpaired) electrons. The van der Waals surface area contributed by atoms with Gasteiger partial charge in [-0.1, -0.05) is 36.0 Å². The Balaban J connectivity index is 1.72. The third-order valence-corrected chi connectivity index (χ3v) is 7.15. The van der Waals surface area contributed by atoms with Crippen molar-refractivity contribution in [2.45, 2.75) is 44.2 Å². The van der Waals surface area contributed by atoms with Gasteiger partial charge in [0.1, 0.15) is 5.75 Å². The Kier molecular flexibility index (Phi) is 5.81. The van der Waals surface area contributed by atoms with Crippen molar-refractivity contribution >= 4 is 38.9 Å². The lowest BCUT2D eigenvalue weighted by Gasteiger charge is -2.34. The maximum absolute atomic E-state index is 12.8. The molecule has 1 saturated carbocycles. The molecule has 5 nitrogen and oxygen atoms in total. The summed E-state index contributed by atoms with van der Waals surface area (Å²) in [6, 6.07) is 4.68. The van der Waals surface area contributed by atoms with Crippen LogP contribution >= 0.6 is 23.2 Å². The number of halogens is 2. The Hall–Kier alpha value is -0.980. The fourth-order valence-corrected chi connectivity index (χ4v) is 5.73. The molecule has 1 aliphatic carbocycles. The summed E-state index contributed by atoms with van der Waals surface area (Å²) in [4.78, 5) is 14.6. The van der Waals surface area contributed by atoms with Gasteiger partial charge >= 0.3 is 0 Å². The van der Waals surface area contributed by atoms with Crippen molar-refractivity contribution in [2.75, 3.05) is 18.1 Å². The molecular formula is C17H21Cl2NO4S. The Bertz CT molecular complexity index is 747. The van der Waals surface area contributed by atoms with Crippen molar-refractivity contribution < 1.29 is 17.9 Å². The number of ether oxygens (including phenoxy) is 1. The van der Waals surface area contributed by atoms with E-state index in [1.807, 2.05) is 0 Å².